The van der Waals surface area contributed by atoms with Gasteiger partial charge >= 0.3 is 0 Å². The van der Waals surface area contributed by atoms with E-state index in [1.54, 1.807) is 6.07 Å². The number of aromatic nitrogens is 4. The van der Waals surface area contributed by atoms with Crippen LogP contribution in [0.5, 0.6) is 0 Å². The normalized spacial score (nSPS) is 10.8. The molecule has 2 N–H and O–H groups in total. The fraction of sp³-hybridized carbons (Fsp3) is 0.167. The molecule has 0 unspecified atom stereocenters. The second-order valence-electron chi connectivity index (χ2n) is 4.08. The number of amides is 1. The molecule has 96 valence electrons. The highest BCUT2D eigenvalue weighted by Gasteiger charge is 2.10. The lowest BCUT2D eigenvalue weighted by atomic mass is 10.2. The van der Waals surface area contributed by atoms with Gasteiger partial charge in [0.05, 0.1) is 22.8 Å². The molecule has 0 saturated carbocycles. The number of aromatic amines is 1. The second-order valence-corrected chi connectivity index (χ2v) is 5.14. The molecule has 0 spiro atoms. The Labute approximate surface area is 112 Å². The number of hydrogen-bond acceptors (Lipinski definition) is 5. The first kappa shape index (κ1) is 11.8. The molecular weight excluding hydrogens is 262 g/mol. The van der Waals surface area contributed by atoms with Crippen LogP contribution in [0.4, 0.5) is 5.69 Å². The van der Waals surface area contributed by atoms with Crippen LogP contribution in [0, 0.1) is 6.92 Å². The van der Waals surface area contributed by atoms with E-state index < -0.39 is 0 Å². The summed E-state index contributed by atoms with van der Waals surface area (Å²) in [6.45, 7) is 1.92. The monoisotopic (exact) mass is 273 g/mol. The Balaban J connectivity index is 1.77. The smallest absolute Gasteiger partial charge is 0.230 e. The first-order valence-electron chi connectivity index (χ1n) is 5.73. The molecule has 0 aliphatic carbocycles. The van der Waals surface area contributed by atoms with E-state index in [4.69, 9.17) is 0 Å². The van der Waals surface area contributed by atoms with Crippen molar-refractivity contribution in [2.75, 3.05) is 5.32 Å². The van der Waals surface area contributed by atoms with Gasteiger partial charge in [-0.2, -0.15) is 15.4 Å². The highest BCUT2D eigenvalue weighted by Crippen LogP contribution is 2.19. The molecule has 6 nitrogen and oxygen atoms in total. The molecular formula is C12H11N5OS. The fourth-order valence-electron chi connectivity index (χ4n) is 1.82. The zero-order valence-corrected chi connectivity index (χ0v) is 11.0. The maximum atomic E-state index is 12.0. The van der Waals surface area contributed by atoms with Gasteiger partial charge < -0.3 is 5.32 Å². The van der Waals surface area contributed by atoms with E-state index >= 15 is 0 Å². The SMILES string of the molecule is Cc1nc(CC(=O)Nc2cccc3n[nH]nc23)cs1. The number of aryl methyl sites for hydroxylation is 1. The molecule has 7 heteroatoms. The summed E-state index contributed by atoms with van der Waals surface area (Å²) < 4.78 is 0. The van der Waals surface area contributed by atoms with Crippen LogP contribution in [0.1, 0.15) is 10.7 Å². The molecule has 2 aromatic heterocycles. The van der Waals surface area contributed by atoms with Gasteiger partial charge in [0.2, 0.25) is 5.91 Å². The molecule has 0 aliphatic heterocycles. The summed E-state index contributed by atoms with van der Waals surface area (Å²) in [4.78, 5) is 16.2. The third-order valence-electron chi connectivity index (χ3n) is 2.63. The van der Waals surface area contributed by atoms with Crippen LogP contribution in [-0.2, 0) is 11.2 Å². The summed E-state index contributed by atoms with van der Waals surface area (Å²) in [5.41, 5.74) is 2.82. The topological polar surface area (TPSA) is 83.6 Å². The van der Waals surface area contributed by atoms with E-state index in [2.05, 4.69) is 25.7 Å². The molecule has 19 heavy (non-hydrogen) atoms. The number of rotatable bonds is 3. The van der Waals surface area contributed by atoms with Gasteiger partial charge in [-0.1, -0.05) is 6.07 Å². The molecule has 0 bridgehead atoms. The first-order valence-corrected chi connectivity index (χ1v) is 6.61. The van der Waals surface area contributed by atoms with E-state index in [1.807, 2.05) is 24.4 Å². The summed E-state index contributed by atoms with van der Waals surface area (Å²) in [6.07, 6.45) is 0.262. The molecule has 0 fully saturated rings. The molecule has 3 rings (SSSR count). The summed E-state index contributed by atoms with van der Waals surface area (Å²) >= 11 is 1.54. The quantitative estimate of drug-likeness (QED) is 0.763. The number of carbonyl (C=O) groups excluding carboxylic acids is 1. The number of benzene rings is 1. The Bertz CT molecular complexity index is 732. The van der Waals surface area contributed by atoms with E-state index in [9.17, 15) is 4.79 Å². The lowest BCUT2D eigenvalue weighted by molar-refractivity contribution is -0.115. The maximum absolute atomic E-state index is 12.0. The Hall–Kier alpha value is -2.28. The highest BCUT2D eigenvalue weighted by atomic mass is 32.1. The lowest BCUT2D eigenvalue weighted by Gasteiger charge is -2.03. The van der Waals surface area contributed by atoms with Crippen molar-refractivity contribution in [3.05, 3.63) is 34.3 Å². The third-order valence-corrected chi connectivity index (χ3v) is 3.45. The number of fused-ring (bicyclic) bond motifs is 1. The van der Waals surface area contributed by atoms with Crippen LogP contribution in [0.3, 0.4) is 0 Å². The third kappa shape index (κ3) is 2.45. The van der Waals surface area contributed by atoms with Crippen molar-refractivity contribution in [3.63, 3.8) is 0 Å². The number of nitrogens with one attached hydrogen (secondary N) is 2. The van der Waals surface area contributed by atoms with Crippen molar-refractivity contribution in [1.29, 1.82) is 0 Å². The average molecular weight is 273 g/mol. The molecule has 3 aromatic rings. The van der Waals surface area contributed by atoms with Crippen molar-refractivity contribution in [1.82, 2.24) is 20.4 Å². The predicted molar refractivity (Wildman–Crippen MR) is 73.1 cm³/mol. The molecule has 0 aliphatic rings. The first-order chi connectivity index (χ1) is 9.22. The number of hydrogen-bond donors (Lipinski definition) is 2. The number of thiazole rings is 1. The molecule has 2 heterocycles. The summed E-state index contributed by atoms with van der Waals surface area (Å²) in [5, 5.41) is 16.2. The molecule has 1 aromatic carbocycles. The average Bonchev–Trinajstić information content (AvgIpc) is 2.98. The fourth-order valence-corrected chi connectivity index (χ4v) is 2.43. The number of H-pyrrole nitrogens is 1. The minimum absolute atomic E-state index is 0.110. The number of nitrogens with zero attached hydrogens (tertiary/aromatic N) is 3. The van der Waals surface area contributed by atoms with Gasteiger partial charge in [-0.3, -0.25) is 4.79 Å². The van der Waals surface area contributed by atoms with Gasteiger partial charge in [0.15, 0.2) is 0 Å². The van der Waals surface area contributed by atoms with Gasteiger partial charge in [0, 0.05) is 5.38 Å². The van der Waals surface area contributed by atoms with Crippen molar-refractivity contribution in [2.24, 2.45) is 0 Å². The van der Waals surface area contributed by atoms with Crippen LogP contribution in [0.2, 0.25) is 0 Å². The van der Waals surface area contributed by atoms with Crippen LogP contribution >= 0.6 is 11.3 Å². The predicted octanol–water partition coefficient (Wildman–Crippen LogP) is 1.90. The zero-order valence-electron chi connectivity index (χ0n) is 10.2. The van der Waals surface area contributed by atoms with Crippen LogP contribution in [0.25, 0.3) is 11.0 Å². The standard InChI is InChI=1S/C12H11N5OS/c1-7-13-8(6-19-7)5-11(18)14-9-3-2-4-10-12(9)16-17-15-10/h2-4,6H,5H2,1H3,(H,14,18)(H,15,16,17). The largest absolute Gasteiger partial charge is 0.324 e. The molecule has 0 atom stereocenters. The molecule has 0 radical (unpaired) electrons. The summed E-state index contributed by atoms with van der Waals surface area (Å²) in [6, 6.07) is 5.46. The zero-order chi connectivity index (χ0) is 13.2. The van der Waals surface area contributed by atoms with Crippen LogP contribution in [0.15, 0.2) is 23.6 Å². The lowest BCUT2D eigenvalue weighted by Crippen LogP contribution is -2.14. The van der Waals surface area contributed by atoms with E-state index in [-0.39, 0.29) is 12.3 Å². The van der Waals surface area contributed by atoms with E-state index in [1.165, 1.54) is 11.3 Å². The van der Waals surface area contributed by atoms with Crippen molar-refractivity contribution >= 4 is 34.0 Å². The van der Waals surface area contributed by atoms with Crippen molar-refractivity contribution < 1.29 is 4.79 Å². The van der Waals surface area contributed by atoms with Gasteiger partial charge in [-0.15, -0.1) is 11.3 Å². The van der Waals surface area contributed by atoms with Gasteiger partial charge in [0.25, 0.3) is 0 Å². The minimum atomic E-state index is -0.110. The number of para-hydroxylation sites is 1. The number of anilines is 1. The maximum Gasteiger partial charge on any atom is 0.230 e. The molecule has 0 saturated heterocycles. The van der Waals surface area contributed by atoms with Crippen LogP contribution < -0.4 is 5.32 Å². The van der Waals surface area contributed by atoms with Gasteiger partial charge in [0.1, 0.15) is 11.0 Å². The second kappa shape index (κ2) is 4.77. The highest BCUT2D eigenvalue weighted by molar-refractivity contribution is 7.09. The Morgan fingerprint density at radius 1 is 1.42 bits per heavy atom. The molecule has 1 amide bonds. The van der Waals surface area contributed by atoms with Crippen LogP contribution in [-0.4, -0.2) is 26.3 Å². The Morgan fingerprint density at radius 3 is 3.11 bits per heavy atom. The Kier molecular flexibility index (Phi) is 2.96. The van der Waals surface area contributed by atoms with E-state index in [0.717, 1.165) is 16.2 Å². The van der Waals surface area contributed by atoms with Gasteiger partial charge in [-0.25, -0.2) is 4.98 Å². The van der Waals surface area contributed by atoms with Crippen molar-refractivity contribution in [2.45, 2.75) is 13.3 Å². The Morgan fingerprint density at radius 2 is 2.32 bits per heavy atom. The summed E-state index contributed by atoms with van der Waals surface area (Å²) in [7, 11) is 0. The number of carbonyl (C=O) groups is 1. The summed E-state index contributed by atoms with van der Waals surface area (Å²) in [5.74, 6) is -0.110. The van der Waals surface area contributed by atoms with Crippen molar-refractivity contribution in [3.8, 4) is 0 Å². The minimum Gasteiger partial charge on any atom is -0.324 e. The van der Waals surface area contributed by atoms with Gasteiger partial charge in [-0.05, 0) is 19.1 Å². The van der Waals surface area contributed by atoms with E-state index in [0.29, 0.717) is 11.2 Å².